The number of nitrogens with zero attached hydrogens (tertiary/aromatic N) is 1. The molecule has 1 aromatic heterocycles. The summed E-state index contributed by atoms with van der Waals surface area (Å²) in [5.41, 5.74) is 4.93. The molecule has 0 spiro atoms. The van der Waals surface area contributed by atoms with Gasteiger partial charge in [0.25, 0.3) is 5.91 Å². The van der Waals surface area contributed by atoms with E-state index in [2.05, 4.69) is 27.4 Å². The fourth-order valence-corrected chi connectivity index (χ4v) is 3.23. The first-order chi connectivity index (χ1) is 13.3. The molecule has 4 nitrogen and oxygen atoms in total. The van der Waals surface area contributed by atoms with Crippen molar-refractivity contribution in [1.82, 2.24) is 15.3 Å². The lowest BCUT2D eigenvalue weighted by Crippen LogP contribution is -2.27. The first-order valence-electron chi connectivity index (χ1n) is 9.13. The standard InChI is InChI=1S/C23H21N3O/c27-23(24-15-14-22-25-20-12-6-7-13-21(20)26-22)19-11-5-4-10-18(19)16-17-8-2-1-3-9-17/h1-13H,14-16H2,(H,24,27)(H,25,26). The highest BCUT2D eigenvalue weighted by molar-refractivity contribution is 5.95. The van der Waals surface area contributed by atoms with Crippen LogP contribution in [-0.2, 0) is 12.8 Å². The predicted octanol–water partition coefficient (Wildman–Crippen LogP) is 4.13. The van der Waals surface area contributed by atoms with Crippen LogP contribution in [0.3, 0.4) is 0 Å². The first-order valence-corrected chi connectivity index (χ1v) is 9.13. The average Bonchev–Trinajstić information content (AvgIpc) is 3.12. The molecule has 0 fully saturated rings. The zero-order valence-corrected chi connectivity index (χ0v) is 15.0. The molecule has 4 heteroatoms. The topological polar surface area (TPSA) is 57.8 Å². The molecule has 0 aliphatic carbocycles. The number of aromatic amines is 1. The average molecular weight is 355 g/mol. The van der Waals surface area contributed by atoms with Gasteiger partial charge < -0.3 is 10.3 Å². The van der Waals surface area contributed by atoms with Crippen molar-refractivity contribution in [2.45, 2.75) is 12.8 Å². The fraction of sp³-hybridized carbons (Fsp3) is 0.130. The SMILES string of the molecule is O=C(NCCc1nc2ccccc2[nH]1)c1ccccc1Cc1ccccc1. The van der Waals surface area contributed by atoms with E-state index in [1.165, 1.54) is 5.56 Å². The van der Waals surface area contributed by atoms with Gasteiger partial charge in [0.05, 0.1) is 11.0 Å². The third-order valence-corrected chi connectivity index (χ3v) is 4.59. The molecule has 2 N–H and O–H groups in total. The highest BCUT2D eigenvalue weighted by Gasteiger charge is 2.11. The van der Waals surface area contributed by atoms with Crippen molar-refractivity contribution < 1.29 is 4.79 Å². The normalized spacial score (nSPS) is 10.8. The molecule has 0 bridgehead atoms. The van der Waals surface area contributed by atoms with E-state index in [1.54, 1.807) is 0 Å². The van der Waals surface area contributed by atoms with Gasteiger partial charge in [-0.1, -0.05) is 60.7 Å². The Kier molecular flexibility index (Phi) is 4.97. The summed E-state index contributed by atoms with van der Waals surface area (Å²) in [4.78, 5) is 20.5. The van der Waals surface area contributed by atoms with Gasteiger partial charge >= 0.3 is 0 Å². The van der Waals surface area contributed by atoms with Gasteiger partial charge in [0.2, 0.25) is 0 Å². The molecule has 3 aromatic carbocycles. The van der Waals surface area contributed by atoms with Crippen LogP contribution in [0.4, 0.5) is 0 Å². The Morgan fingerprint density at radius 3 is 2.48 bits per heavy atom. The van der Waals surface area contributed by atoms with Crippen molar-refractivity contribution >= 4 is 16.9 Å². The van der Waals surface area contributed by atoms with Gasteiger partial charge in [0.15, 0.2) is 0 Å². The van der Waals surface area contributed by atoms with Gasteiger partial charge in [-0.2, -0.15) is 0 Å². The molecular formula is C23H21N3O. The Morgan fingerprint density at radius 1 is 0.889 bits per heavy atom. The third-order valence-electron chi connectivity index (χ3n) is 4.59. The Morgan fingerprint density at radius 2 is 1.63 bits per heavy atom. The van der Waals surface area contributed by atoms with Crippen LogP contribution in [0.25, 0.3) is 11.0 Å². The quantitative estimate of drug-likeness (QED) is 0.546. The van der Waals surface area contributed by atoms with Crippen LogP contribution in [0, 0.1) is 0 Å². The minimum Gasteiger partial charge on any atom is -0.352 e. The third kappa shape index (κ3) is 4.06. The maximum Gasteiger partial charge on any atom is 0.251 e. The summed E-state index contributed by atoms with van der Waals surface area (Å²) in [5, 5.41) is 3.02. The lowest BCUT2D eigenvalue weighted by Gasteiger charge is -2.10. The van der Waals surface area contributed by atoms with Crippen LogP contribution in [0.2, 0.25) is 0 Å². The number of fused-ring (bicyclic) bond motifs is 1. The van der Waals surface area contributed by atoms with Crippen LogP contribution in [-0.4, -0.2) is 22.4 Å². The molecule has 0 saturated carbocycles. The molecule has 4 aromatic rings. The largest absolute Gasteiger partial charge is 0.352 e. The summed E-state index contributed by atoms with van der Waals surface area (Å²) in [6, 6.07) is 25.9. The molecule has 0 radical (unpaired) electrons. The van der Waals surface area contributed by atoms with Crippen LogP contribution in [0.1, 0.15) is 27.3 Å². The zero-order chi connectivity index (χ0) is 18.5. The lowest BCUT2D eigenvalue weighted by atomic mass is 9.99. The number of amides is 1. The molecular weight excluding hydrogens is 334 g/mol. The van der Waals surface area contributed by atoms with Crippen molar-refractivity contribution in [3.8, 4) is 0 Å². The number of para-hydroxylation sites is 2. The Balaban J connectivity index is 1.41. The van der Waals surface area contributed by atoms with Crippen molar-refractivity contribution in [3.05, 3.63) is 101 Å². The minimum absolute atomic E-state index is 0.0438. The van der Waals surface area contributed by atoms with Gasteiger partial charge in [-0.3, -0.25) is 4.79 Å². The van der Waals surface area contributed by atoms with Crippen molar-refractivity contribution in [2.75, 3.05) is 6.54 Å². The number of benzene rings is 3. The molecule has 0 aliphatic rings. The fourth-order valence-electron chi connectivity index (χ4n) is 3.23. The molecule has 1 amide bonds. The summed E-state index contributed by atoms with van der Waals surface area (Å²) in [7, 11) is 0. The van der Waals surface area contributed by atoms with Crippen LogP contribution < -0.4 is 5.32 Å². The van der Waals surface area contributed by atoms with E-state index in [-0.39, 0.29) is 5.91 Å². The van der Waals surface area contributed by atoms with E-state index in [1.807, 2.05) is 66.7 Å². The Bertz CT molecular complexity index is 1020. The van der Waals surface area contributed by atoms with E-state index >= 15 is 0 Å². The van der Waals surface area contributed by atoms with Gasteiger partial charge in [0.1, 0.15) is 5.82 Å². The maximum absolute atomic E-state index is 12.7. The second-order valence-corrected chi connectivity index (χ2v) is 6.53. The molecule has 27 heavy (non-hydrogen) atoms. The number of hydrogen-bond donors (Lipinski definition) is 2. The van der Waals surface area contributed by atoms with E-state index < -0.39 is 0 Å². The number of nitrogens with one attached hydrogen (secondary N) is 2. The van der Waals surface area contributed by atoms with Gasteiger partial charge in [-0.05, 0) is 35.7 Å². The van der Waals surface area contributed by atoms with Crippen molar-refractivity contribution in [3.63, 3.8) is 0 Å². The second kappa shape index (κ2) is 7.87. The van der Waals surface area contributed by atoms with Crippen molar-refractivity contribution in [1.29, 1.82) is 0 Å². The number of rotatable bonds is 6. The smallest absolute Gasteiger partial charge is 0.251 e. The van der Waals surface area contributed by atoms with E-state index in [0.717, 1.165) is 34.4 Å². The molecule has 0 unspecified atom stereocenters. The maximum atomic E-state index is 12.7. The van der Waals surface area contributed by atoms with E-state index in [0.29, 0.717) is 13.0 Å². The monoisotopic (exact) mass is 355 g/mol. The molecule has 4 rings (SSSR count). The Labute approximate surface area is 158 Å². The number of carbonyl (C=O) groups excluding carboxylic acids is 1. The first kappa shape index (κ1) is 17.0. The highest BCUT2D eigenvalue weighted by Crippen LogP contribution is 2.15. The summed E-state index contributed by atoms with van der Waals surface area (Å²) in [6.45, 7) is 0.540. The number of imidazole rings is 1. The lowest BCUT2D eigenvalue weighted by molar-refractivity contribution is 0.0953. The van der Waals surface area contributed by atoms with E-state index in [9.17, 15) is 4.79 Å². The summed E-state index contributed by atoms with van der Waals surface area (Å²) in [6.07, 6.45) is 1.41. The highest BCUT2D eigenvalue weighted by atomic mass is 16.1. The number of carbonyl (C=O) groups is 1. The predicted molar refractivity (Wildman–Crippen MR) is 108 cm³/mol. The summed E-state index contributed by atoms with van der Waals surface area (Å²) < 4.78 is 0. The molecule has 0 aliphatic heterocycles. The minimum atomic E-state index is -0.0438. The molecule has 0 atom stereocenters. The van der Waals surface area contributed by atoms with Crippen LogP contribution >= 0.6 is 0 Å². The number of hydrogen-bond acceptors (Lipinski definition) is 2. The summed E-state index contributed by atoms with van der Waals surface area (Å²) in [5.74, 6) is 0.840. The molecule has 134 valence electrons. The van der Waals surface area contributed by atoms with Gasteiger partial charge in [-0.25, -0.2) is 4.98 Å². The number of aromatic nitrogens is 2. The zero-order valence-electron chi connectivity index (χ0n) is 15.0. The number of H-pyrrole nitrogens is 1. The molecule has 1 heterocycles. The Hall–Kier alpha value is -3.40. The van der Waals surface area contributed by atoms with E-state index in [4.69, 9.17) is 0 Å². The second-order valence-electron chi connectivity index (χ2n) is 6.53. The van der Waals surface area contributed by atoms with Crippen molar-refractivity contribution in [2.24, 2.45) is 0 Å². The van der Waals surface area contributed by atoms with Gasteiger partial charge in [0, 0.05) is 18.5 Å². The summed E-state index contributed by atoms with van der Waals surface area (Å²) >= 11 is 0. The molecule has 0 saturated heterocycles. The van der Waals surface area contributed by atoms with Crippen LogP contribution in [0.5, 0.6) is 0 Å². The van der Waals surface area contributed by atoms with Crippen LogP contribution in [0.15, 0.2) is 78.9 Å². The van der Waals surface area contributed by atoms with Gasteiger partial charge in [-0.15, -0.1) is 0 Å².